The second kappa shape index (κ2) is 7.44. The van der Waals surface area contributed by atoms with Crippen LogP contribution >= 0.6 is 0 Å². The number of nitrogens with zero attached hydrogens (tertiary/aromatic N) is 1. The number of methoxy groups -OCH3 is 1. The van der Waals surface area contributed by atoms with Gasteiger partial charge in [-0.1, -0.05) is 18.2 Å². The van der Waals surface area contributed by atoms with Gasteiger partial charge in [0.05, 0.1) is 6.10 Å². The van der Waals surface area contributed by atoms with Crippen molar-refractivity contribution < 1.29 is 32.5 Å². The van der Waals surface area contributed by atoms with E-state index in [9.17, 15) is 23.1 Å². The average Bonchev–Trinajstić information content (AvgIpc) is 3.27. The molecule has 1 aliphatic carbocycles. The Morgan fingerprint density at radius 2 is 2.04 bits per heavy atom. The Morgan fingerprint density at radius 3 is 2.69 bits per heavy atom. The first kappa shape index (κ1) is 19.0. The van der Waals surface area contributed by atoms with Crippen LogP contribution in [0.25, 0.3) is 0 Å². The number of aliphatic hydroxyl groups excluding tert-OH is 1. The molecule has 1 saturated heterocycles. The quantitative estimate of drug-likeness (QED) is 0.833. The number of hydrogen-bond donors (Lipinski definition) is 1. The monoisotopic (exact) mass is 373 g/mol. The lowest BCUT2D eigenvalue weighted by Gasteiger charge is -2.24. The van der Waals surface area contributed by atoms with Crippen molar-refractivity contribution in [1.82, 2.24) is 4.90 Å². The zero-order chi connectivity index (χ0) is 18.9. The molecule has 1 N–H and O–H groups in total. The van der Waals surface area contributed by atoms with Gasteiger partial charge in [0, 0.05) is 32.2 Å². The van der Waals surface area contributed by atoms with E-state index in [1.54, 1.807) is 24.1 Å². The Morgan fingerprint density at radius 1 is 1.31 bits per heavy atom. The molecule has 2 aliphatic rings. The number of alkyl halides is 3. The first-order chi connectivity index (χ1) is 12.3. The summed E-state index contributed by atoms with van der Waals surface area (Å²) in [6, 6.07) is 5.87. The smallest absolute Gasteiger partial charge is 0.405 e. The molecule has 1 aromatic carbocycles. The van der Waals surface area contributed by atoms with Crippen LogP contribution in [-0.2, 0) is 9.53 Å². The SMILES string of the molecule is CO[C@H]1C[C@@H](CCO)N(C(=O)[C@@H]2C[C@H]2c2ccccc2OC(F)(F)F)C1. The highest BCUT2D eigenvalue weighted by Gasteiger charge is 2.50. The van der Waals surface area contributed by atoms with Gasteiger partial charge in [-0.3, -0.25) is 4.79 Å². The zero-order valence-electron chi connectivity index (χ0n) is 14.4. The van der Waals surface area contributed by atoms with Gasteiger partial charge in [0.1, 0.15) is 5.75 Å². The van der Waals surface area contributed by atoms with Crippen molar-refractivity contribution in [2.75, 3.05) is 20.3 Å². The van der Waals surface area contributed by atoms with E-state index >= 15 is 0 Å². The minimum absolute atomic E-state index is 0.0266. The maximum Gasteiger partial charge on any atom is 0.573 e. The molecule has 4 atom stereocenters. The Labute approximate surface area is 149 Å². The molecule has 1 aromatic rings. The largest absolute Gasteiger partial charge is 0.573 e. The number of ether oxygens (including phenoxy) is 2. The maximum atomic E-state index is 12.9. The molecule has 3 rings (SSSR count). The van der Waals surface area contributed by atoms with Crippen LogP contribution in [0.3, 0.4) is 0 Å². The number of carbonyl (C=O) groups is 1. The minimum Gasteiger partial charge on any atom is -0.405 e. The van der Waals surface area contributed by atoms with Gasteiger partial charge in [-0.2, -0.15) is 0 Å². The highest BCUT2D eigenvalue weighted by molar-refractivity contribution is 5.84. The molecule has 1 aliphatic heterocycles. The molecular formula is C18H22F3NO4. The average molecular weight is 373 g/mol. The predicted molar refractivity (Wildman–Crippen MR) is 86.6 cm³/mol. The second-order valence-electron chi connectivity index (χ2n) is 6.78. The number of rotatable bonds is 6. The highest BCUT2D eigenvalue weighted by atomic mass is 19.4. The molecule has 1 saturated carbocycles. The normalized spacial score (nSPS) is 28.3. The standard InChI is InChI=1S/C18H22F3NO4/c1-25-12-8-11(6-7-23)22(10-12)17(24)15-9-14(15)13-4-2-3-5-16(13)26-18(19,20)21/h2-5,11-12,14-15,23H,6-10H2,1H3/t11-,12+,14+,15-/m1/s1. The van der Waals surface area contributed by atoms with Crippen molar-refractivity contribution in [3.05, 3.63) is 29.8 Å². The number of carbonyl (C=O) groups excluding carboxylic acids is 1. The van der Waals surface area contributed by atoms with Crippen molar-refractivity contribution >= 4 is 5.91 Å². The fourth-order valence-electron chi connectivity index (χ4n) is 3.77. The number of benzene rings is 1. The van der Waals surface area contributed by atoms with E-state index in [4.69, 9.17) is 4.74 Å². The van der Waals surface area contributed by atoms with Crippen LogP contribution in [0.5, 0.6) is 5.75 Å². The fraction of sp³-hybridized carbons (Fsp3) is 0.611. The number of aliphatic hydroxyl groups is 1. The van der Waals surface area contributed by atoms with E-state index in [2.05, 4.69) is 4.74 Å². The summed E-state index contributed by atoms with van der Waals surface area (Å²) < 4.78 is 47.2. The van der Waals surface area contributed by atoms with Gasteiger partial charge in [-0.05, 0) is 36.8 Å². The van der Waals surface area contributed by atoms with Crippen LogP contribution in [0.2, 0.25) is 0 Å². The Balaban J connectivity index is 1.71. The first-order valence-electron chi connectivity index (χ1n) is 8.63. The summed E-state index contributed by atoms with van der Waals surface area (Å²) >= 11 is 0. The molecule has 2 fully saturated rings. The van der Waals surface area contributed by atoms with Crippen LogP contribution in [0.15, 0.2) is 24.3 Å². The van der Waals surface area contributed by atoms with Gasteiger partial charge in [0.25, 0.3) is 0 Å². The molecule has 144 valence electrons. The van der Waals surface area contributed by atoms with Crippen LogP contribution in [-0.4, -0.2) is 54.7 Å². The summed E-state index contributed by atoms with van der Waals surface area (Å²) in [5, 5.41) is 9.21. The summed E-state index contributed by atoms with van der Waals surface area (Å²) in [4.78, 5) is 14.6. The highest BCUT2D eigenvalue weighted by Crippen LogP contribution is 2.52. The number of para-hydroxylation sites is 1. The number of amides is 1. The molecule has 0 spiro atoms. The Hall–Kier alpha value is -1.80. The molecule has 0 radical (unpaired) electrons. The molecule has 26 heavy (non-hydrogen) atoms. The third kappa shape index (κ3) is 4.12. The second-order valence-corrected chi connectivity index (χ2v) is 6.78. The predicted octanol–water partition coefficient (Wildman–Crippen LogP) is 2.69. The van der Waals surface area contributed by atoms with Gasteiger partial charge in [0.2, 0.25) is 5.91 Å². The van der Waals surface area contributed by atoms with E-state index in [1.165, 1.54) is 12.1 Å². The van der Waals surface area contributed by atoms with Crippen molar-refractivity contribution in [1.29, 1.82) is 0 Å². The third-order valence-corrected chi connectivity index (χ3v) is 5.11. The number of hydrogen-bond acceptors (Lipinski definition) is 4. The van der Waals surface area contributed by atoms with Gasteiger partial charge in [-0.15, -0.1) is 13.2 Å². The van der Waals surface area contributed by atoms with E-state index < -0.39 is 6.36 Å². The summed E-state index contributed by atoms with van der Waals surface area (Å²) in [7, 11) is 1.58. The van der Waals surface area contributed by atoms with Gasteiger partial charge >= 0.3 is 6.36 Å². The Kier molecular flexibility index (Phi) is 5.43. The molecule has 0 bridgehead atoms. The lowest BCUT2D eigenvalue weighted by molar-refractivity contribution is -0.274. The molecule has 0 aromatic heterocycles. The summed E-state index contributed by atoms with van der Waals surface area (Å²) in [5.74, 6) is -0.972. The van der Waals surface area contributed by atoms with E-state index in [0.717, 1.165) is 0 Å². The molecule has 5 nitrogen and oxygen atoms in total. The molecule has 8 heteroatoms. The van der Waals surface area contributed by atoms with Crippen LogP contribution in [0, 0.1) is 5.92 Å². The summed E-state index contributed by atoms with van der Waals surface area (Å²) in [6.07, 6.45) is -3.22. The zero-order valence-corrected chi connectivity index (χ0v) is 14.4. The molecular weight excluding hydrogens is 351 g/mol. The van der Waals surface area contributed by atoms with Gasteiger partial charge in [0.15, 0.2) is 0 Å². The molecule has 1 amide bonds. The first-order valence-corrected chi connectivity index (χ1v) is 8.63. The third-order valence-electron chi connectivity index (χ3n) is 5.11. The van der Waals surface area contributed by atoms with E-state index in [1.807, 2.05) is 0 Å². The topological polar surface area (TPSA) is 59.0 Å². The van der Waals surface area contributed by atoms with Gasteiger partial charge in [-0.25, -0.2) is 0 Å². The summed E-state index contributed by atoms with van der Waals surface area (Å²) in [6.45, 7) is 0.422. The van der Waals surface area contributed by atoms with E-state index in [0.29, 0.717) is 31.4 Å². The van der Waals surface area contributed by atoms with Crippen molar-refractivity contribution in [3.8, 4) is 5.75 Å². The van der Waals surface area contributed by atoms with Crippen molar-refractivity contribution in [2.24, 2.45) is 5.92 Å². The van der Waals surface area contributed by atoms with Crippen molar-refractivity contribution in [2.45, 2.75) is 43.7 Å². The molecule has 0 unspecified atom stereocenters. The number of halogens is 3. The van der Waals surface area contributed by atoms with Crippen LogP contribution in [0.1, 0.15) is 30.7 Å². The fourth-order valence-corrected chi connectivity index (χ4v) is 3.77. The summed E-state index contributed by atoms with van der Waals surface area (Å²) in [5.41, 5.74) is 0.407. The minimum atomic E-state index is -4.77. The lowest BCUT2D eigenvalue weighted by atomic mass is 10.1. The van der Waals surface area contributed by atoms with Gasteiger partial charge < -0.3 is 19.5 Å². The molecule has 1 heterocycles. The number of likely N-dealkylation sites (tertiary alicyclic amines) is 1. The Bertz CT molecular complexity index is 652. The van der Waals surface area contributed by atoms with Crippen LogP contribution < -0.4 is 4.74 Å². The van der Waals surface area contributed by atoms with Crippen LogP contribution in [0.4, 0.5) is 13.2 Å². The maximum absolute atomic E-state index is 12.9. The van der Waals surface area contributed by atoms with Crippen molar-refractivity contribution in [3.63, 3.8) is 0 Å². The van der Waals surface area contributed by atoms with E-state index in [-0.39, 0.29) is 42.2 Å². The lowest BCUT2D eigenvalue weighted by Crippen LogP contribution is -2.38.